The first-order valence-corrected chi connectivity index (χ1v) is 8.16. The molecule has 0 aliphatic carbocycles. The van der Waals surface area contributed by atoms with Crippen molar-refractivity contribution in [2.24, 2.45) is 0 Å². The van der Waals surface area contributed by atoms with Crippen LogP contribution in [-0.4, -0.2) is 48.6 Å². The quantitative estimate of drug-likeness (QED) is 0.764. The molecule has 4 nitrogen and oxygen atoms in total. The maximum atomic E-state index is 12.4. The van der Waals surface area contributed by atoms with Crippen LogP contribution in [0.4, 0.5) is 0 Å². The average Bonchev–Trinajstić information content (AvgIpc) is 2.92. The molecule has 2 rings (SSSR count). The van der Waals surface area contributed by atoms with Crippen molar-refractivity contribution in [2.75, 3.05) is 26.8 Å². The van der Waals surface area contributed by atoms with Gasteiger partial charge >= 0.3 is 0 Å². The van der Waals surface area contributed by atoms with E-state index < -0.39 is 0 Å². The third kappa shape index (κ3) is 4.28. The summed E-state index contributed by atoms with van der Waals surface area (Å²) >= 11 is 3.42. The van der Waals surface area contributed by atoms with E-state index in [9.17, 15) is 4.79 Å². The topological polar surface area (TPSA) is 49.8 Å². The summed E-state index contributed by atoms with van der Waals surface area (Å²) in [7, 11) is 1.61. The summed E-state index contributed by atoms with van der Waals surface area (Å²) < 4.78 is 5.98. The van der Waals surface area contributed by atoms with Gasteiger partial charge in [0.05, 0.1) is 18.1 Å². The van der Waals surface area contributed by atoms with Crippen molar-refractivity contribution < 1.29 is 14.6 Å². The van der Waals surface area contributed by atoms with Gasteiger partial charge in [-0.1, -0.05) is 0 Å². The molecule has 1 saturated heterocycles. The van der Waals surface area contributed by atoms with Crippen LogP contribution in [0.2, 0.25) is 0 Å². The van der Waals surface area contributed by atoms with Gasteiger partial charge in [-0.3, -0.25) is 9.69 Å². The summed E-state index contributed by atoms with van der Waals surface area (Å²) in [4.78, 5) is 14.7. The zero-order valence-electron chi connectivity index (χ0n) is 12.3. The van der Waals surface area contributed by atoms with Crippen LogP contribution < -0.4 is 4.74 Å². The summed E-state index contributed by atoms with van der Waals surface area (Å²) in [5.74, 6) is 0.864. The molecule has 1 aromatic carbocycles. The number of likely N-dealkylation sites (tertiary alicyclic amines) is 1. The van der Waals surface area contributed by atoms with E-state index in [1.54, 1.807) is 7.11 Å². The molecule has 21 heavy (non-hydrogen) atoms. The van der Waals surface area contributed by atoms with Gasteiger partial charge in [0.1, 0.15) is 5.75 Å². The molecule has 1 unspecified atom stereocenters. The van der Waals surface area contributed by atoms with E-state index in [2.05, 4.69) is 20.8 Å². The molecule has 1 N–H and O–H groups in total. The van der Waals surface area contributed by atoms with Gasteiger partial charge in [0.25, 0.3) is 0 Å². The van der Waals surface area contributed by atoms with E-state index in [1.165, 1.54) is 0 Å². The minimum absolute atomic E-state index is 0.134. The zero-order chi connectivity index (χ0) is 15.2. The Hall–Kier alpha value is -0.910. The first-order valence-electron chi connectivity index (χ1n) is 7.37. The standard InChI is InChI=1S/C16H22BrNO3/c1-21-16-7-6-12(10-14(16)17)15(20)11-18-8-2-4-13(18)5-3-9-19/h6-7,10,13,19H,2-5,8-9,11H2,1H3. The molecule has 0 radical (unpaired) electrons. The second kappa shape index (κ2) is 7.92. The van der Waals surface area contributed by atoms with Crippen molar-refractivity contribution in [3.8, 4) is 5.75 Å². The second-order valence-corrected chi connectivity index (χ2v) is 6.26. The van der Waals surface area contributed by atoms with E-state index in [-0.39, 0.29) is 12.4 Å². The van der Waals surface area contributed by atoms with Gasteiger partial charge in [-0.05, 0) is 66.4 Å². The largest absolute Gasteiger partial charge is 0.496 e. The van der Waals surface area contributed by atoms with Crippen molar-refractivity contribution in [3.05, 3.63) is 28.2 Å². The lowest BCUT2D eigenvalue weighted by atomic mass is 10.1. The summed E-state index contributed by atoms with van der Waals surface area (Å²) in [5, 5.41) is 8.95. The number of rotatable bonds is 7. The molecule has 5 heteroatoms. The van der Waals surface area contributed by atoms with E-state index in [4.69, 9.17) is 9.84 Å². The fraction of sp³-hybridized carbons (Fsp3) is 0.562. The SMILES string of the molecule is COc1ccc(C(=O)CN2CCCC2CCCO)cc1Br. The van der Waals surface area contributed by atoms with Crippen LogP contribution in [0.25, 0.3) is 0 Å². The third-order valence-corrected chi connectivity index (χ3v) is 4.63. The molecule has 0 bridgehead atoms. The molecule has 1 fully saturated rings. The average molecular weight is 356 g/mol. The number of aliphatic hydroxyl groups is 1. The molecule has 1 aliphatic heterocycles. The Morgan fingerprint density at radius 2 is 2.33 bits per heavy atom. The number of ketones is 1. The fourth-order valence-corrected chi connectivity index (χ4v) is 3.41. The summed E-state index contributed by atoms with van der Waals surface area (Å²) in [6.45, 7) is 1.65. The number of hydrogen-bond donors (Lipinski definition) is 1. The highest BCUT2D eigenvalue weighted by Gasteiger charge is 2.26. The van der Waals surface area contributed by atoms with Gasteiger partial charge in [0.2, 0.25) is 0 Å². The molecule has 1 atom stereocenters. The third-order valence-electron chi connectivity index (χ3n) is 4.02. The minimum Gasteiger partial charge on any atom is -0.496 e. The van der Waals surface area contributed by atoms with Crippen molar-refractivity contribution in [1.29, 1.82) is 0 Å². The maximum Gasteiger partial charge on any atom is 0.176 e. The molecule has 0 saturated carbocycles. The summed E-state index contributed by atoms with van der Waals surface area (Å²) in [5.41, 5.74) is 0.704. The van der Waals surface area contributed by atoms with Gasteiger partial charge in [-0.25, -0.2) is 0 Å². The van der Waals surface area contributed by atoms with Crippen LogP contribution in [0.5, 0.6) is 5.75 Å². The van der Waals surface area contributed by atoms with Crippen molar-refractivity contribution in [2.45, 2.75) is 31.7 Å². The van der Waals surface area contributed by atoms with E-state index in [1.807, 2.05) is 18.2 Å². The van der Waals surface area contributed by atoms with Crippen molar-refractivity contribution >= 4 is 21.7 Å². The van der Waals surface area contributed by atoms with Gasteiger partial charge in [0, 0.05) is 18.2 Å². The van der Waals surface area contributed by atoms with Crippen LogP contribution in [0.15, 0.2) is 22.7 Å². The van der Waals surface area contributed by atoms with Crippen LogP contribution >= 0.6 is 15.9 Å². The predicted molar refractivity (Wildman–Crippen MR) is 85.9 cm³/mol. The molecular formula is C16H22BrNO3. The number of Topliss-reactive ketones (excluding diaryl/α,β-unsaturated/α-hetero) is 1. The van der Waals surface area contributed by atoms with Crippen LogP contribution in [-0.2, 0) is 0 Å². The minimum atomic E-state index is 0.134. The predicted octanol–water partition coefficient (Wildman–Crippen LogP) is 2.88. The van der Waals surface area contributed by atoms with Gasteiger partial charge < -0.3 is 9.84 Å². The molecule has 0 aromatic heterocycles. The zero-order valence-corrected chi connectivity index (χ0v) is 13.9. The number of aliphatic hydroxyl groups excluding tert-OH is 1. The number of ether oxygens (including phenoxy) is 1. The number of carbonyl (C=O) groups is 1. The highest BCUT2D eigenvalue weighted by molar-refractivity contribution is 9.10. The molecule has 1 aliphatic rings. The number of hydrogen-bond acceptors (Lipinski definition) is 4. The normalized spacial score (nSPS) is 18.9. The summed E-state index contributed by atoms with van der Waals surface area (Å²) in [6.07, 6.45) is 4.04. The summed E-state index contributed by atoms with van der Waals surface area (Å²) in [6, 6.07) is 5.87. The highest BCUT2D eigenvalue weighted by Crippen LogP contribution is 2.26. The van der Waals surface area contributed by atoms with Gasteiger partial charge in [-0.2, -0.15) is 0 Å². The first kappa shape index (κ1) is 16.5. The number of halogens is 1. The Morgan fingerprint density at radius 3 is 3.00 bits per heavy atom. The Labute approximate surface area is 134 Å². The lowest BCUT2D eigenvalue weighted by Crippen LogP contribution is -2.34. The van der Waals surface area contributed by atoms with E-state index >= 15 is 0 Å². The molecule has 116 valence electrons. The highest BCUT2D eigenvalue weighted by atomic mass is 79.9. The van der Waals surface area contributed by atoms with Crippen LogP contribution in [0.1, 0.15) is 36.0 Å². The Balaban J connectivity index is 1.98. The molecule has 1 aromatic rings. The lowest BCUT2D eigenvalue weighted by Gasteiger charge is -2.23. The van der Waals surface area contributed by atoms with Crippen LogP contribution in [0, 0.1) is 0 Å². The Bertz CT molecular complexity index is 492. The Morgan fingerprint density at radius 1 is 1.52 bits per heavy atom. The number of carbonyl (C=O) groups excluding carboxylic acids is 1. The maximum absolute atomic E-state index is 12.4. The monoisotopic (exact) mass is 355 g/mol. The molecule has 0 spiro atoms. The number of nitrogens with zero attached hydrogens (tertiary/aromatic N) is 1. The Kier molecular flexibility index (Phi) is 6.21. The van der Waals surface area contributed by atoms with Gasteiger partial charge in [-0.15, -0.1) is 0 Å². The lowest BCUT2D eigenvalue weighted by molar-refractivity contribution is 0.0915. The number of benzene rings is 1. The number of methoxy groups -OCH3 is 1. The van der Waals surface area contributed by atoms with E-state index in [0.717, 1.165) is 42.5 Å². The molecular weight excluding hydrogens is 334 g/mol. The smallest absolute Gasteiger partial charge is 0.176 e. The molecule has 1 heterocycles. The van der Waals surface area contributed by atoms with E-state index in [0.29, 0.717) is 18.2 Å². The first-order chi connectivity index (χ1) is 10.2. The van der Waals surface area contributed by atoms with Crippen LogP contribution in [0.3, 0.4) is 0 Å². The molecule has 0 amide bonds. The fourth-order valence-electron chi connectivity index (χ4n) is 2.87. The van der Waals surface area contributed by atoms with Crippen molar-refractivity contribution in [3.63, 3.8) is 0 Å². The van der Waals surface area contributed by atoms with Gasteiger partial charge in [0.15, 0.2) is 5.78 Å². The second-order valence-electron chi connectivity index (χ2n) is 5.40. The van der Waals surface area contributed by atoms with Crippen molar-refractivity contribution in [1.82, 2.24) is 4.90 Å².